The normalized spacial score (nSPS) is 21.9. The fraction of sp³-hybridized carbons (Fsp3) is 0.467. The van der Waals surface area contributed by atoms with Gasteiger partial charge in [0.1, 0.15) is 17.9 Å². The van der Waals surface area contributed by atoms with E-state index >= 15 is 0 Å². The molecule has 2 aromatic carbocycles. The van der Waals surface area contributed by atoms with Crippen LogP contribution in [0.1, 0.15) is 59.9 Å². The van der Waals surface area contributed by atoms with E-state index < -0.39 is 11.2 Å². The molecule has 0 bridgehead atoms. The number of fused-ring (bicyclic) bond motifs is 2. The van der Waals surface area contributed by atoms with Crippen LogP contribution in [-0.4, -0.2) is 34.6 Å². The highest BCUT2D eigenvalue weighted by Gasteiger charge is 2.43. The number of benzene rings is 2. The predicted octanol–water partition coefficient (Wildman–Crippen LogP) is 4.99. The van der Waals surface area contributed by atoms with E-state index in [1.54, 1.807) is 6.07 Å². The molecular formula is C30H35NO5. The second-order valence-electron chi connectivity index (χ2n) is 10.7. The average molecular weight is 490 g/mol. The largest absolute Gasteiger partial charge is 0.489 e. The molecule has 1 aromatic heterocycles. The second kappa shape index (κ2) is 9.74. The molecule has 5 rings (SSSR count). The van der Waals surface area contributed by atoms with Crippen LogP contribution in [0.2, 0.25) is 0 Å². The van der Waals surface area contributed by atoms with Crippen LogP contribution in [0.25, 0.3) is 11.0 Å². The molecule has 1 amide bonds. The molecule has 0 radical (unpaired) electrons. The van der Waals surface area contributed by atoms with E-state index in [1.165, 1.54) is 11.1 Å². The minimum Gasteiger partial charge on any atom is -0.489 e. The van der Waals surface area contributed by atoms with Crippen molar-refractivity contribution in [2.45, 2.75) is 71.5 Å². The molecule has 1 saturated heterocycles. The van der Waals surface area contributed by atoms with E-state index in [9.17, 15) is 14.7 Å². The molecule has 190 valence electrons. The lowest BCUT2D eigenvalue weighted by molar-refractivity contribution is -0.142. The summed E-state index contributed by atoms with van der Waals surface area (Å²) in [5, 5.41) is 11.7. The van der Waals surface area contributed by atoms with Crippen molar-refractivity contribution < 1.29 is 19.1 Å². The van der Waals surface area contributed by atoms with Crippen LogP contribution >= 0.6 is 0 Å². The molecule has 2 fully saturated rings. The van der Waals surface area contributed by atoms with Crippen LogP contribution < -0.4 is 10.4 Å². The minimum atomic E-state index is -0.634. The number of ether oxygens (including phenoxy) is 1. The Hall–Kier alpha value is -3.12. The highest BCUT2D eigenvalue weighted by molar-refractivity contribution is 5.85. The van der Waals surface area contributed by atoms with Gasteiger partial charge in [-0.25, -0.2) is 4.79 Å². The number of aryl methyl sites for hydroxylation is 3. The molecule has 2 heterocycles. The van der Waals surface area contributed by atoms with Crippen molar-refractivity contribution in [1.82, 2.24) is 4.90 Å². The first kappa shape index (κ1) is 24.6. The van der Waals surface area contributed by atoms with Crippen LogP contribution in [0.5, 0.6) is 5.75 Å². The number of nitrogens with zero attached hydrogens (tertiary/aromatic N) is 1. The SMILES string of the molecule is Cc1ccc(C)c(COc2ccc3c(C)c(CC(=O)N4CC[C@]5(O)CCCC[C@@H]5C4)c(=O)oc3c2)c1. The van der Waals surface area contributed by atoms with Crippen LogP contribution in [0.15, 0.2) is 45.6 Å². The third-order valence-corrected chi connectivity index (χ3v) is 8.27. The van der Waals surface area contributed by atoms with E-state index in [-0.39, 0.29) is 18.2 Å². The third kappa shape index (κ3) is 4.79. The van der Waals surface area contributed by atoms with Gasteiger partial charge in [-0.15, -0.1) is 0 Å². The topological polar surface area (TPSA) is 80.0 Å². The minimum absolute atomic E-state index is 0.0140. The molecule has 1 aliphatic heterocycles. The molecule has 1 aliphatic carbocycles. The van der Waals surface area contributed by atoms with Gasteiger partial charge in [0.2, 0.25) is 5.91 Å². The van der Waals surface area contributed by atoms with Crippen LogP contribution in [-0.2, 0) is 17.8 Å². The molecule has 0 spiro atoms. The summed E-state index contributed by atoms with van der Waals surface area (Å²) in [5.41, 5.74) is 3.97. The van der Waals surface area contributed by atoms with Gasteiger partial charge in [-0.05, 0) is 68.9 Å². The second-order valence-corrected chi connectivity index (χ2v) is 10.7. The van der Waals surface area contributed by atoms with Crippen molar-refractivity contribution in [2.75, 3.05) is 13.1 Å². The Kier molecular flexibility index (Phi) is 6.64. The highest BCUT2D eigenvalue weighted by Crippen LogP contribution is 2.40. The molecule has 3 aromatic rings. The van der Waals surface area contributed by atoms with Crippen molar-refractivity contribution in [1.29, 1.82) is 0 Å². The molecule has 6 heteroatoms. The molecule has 0 unspecified atom stereocenters. The Bertz CT molecular complexity index is 1360. The quantitative estimate of drug-likeness (QED) is 0.511. The van der Waals surface area contributed by atoms with E-state index in [0.29, 0.717) is 43.0 Å². The molecule has 6 nitrogen and oxygen atoms in total. The van der Waals surface area contributed by atoms with Crippen molar-refractivity contribution in [3.63, 3.8) is 0 Å². The van der Waals surface area contributed by atoms with E-state index in [1.807, 2.05) is 24.0 Å². The number of piperidine rings is 1. The summed E-state index contributed by atoms with van der Waals surface area (Å²) in [6.45, 7) is 7.51. The maximum atomic E-state index is 13.2. The molecule has 1 saturated carbocycles. The number of amides is 1. The van der Waals surface area contributed by atoms with Gasteiger partial charge < -0.3 is 19.2 Å². The summed E-state index contributed by atoms with van der Waals surface area (Å²) in [5.74, 6) is 0.675. The third-order valence-electron chi connectivity index (χ3n) is 8.27. The zero-order chi connectivity index (χ0) is 25.4. The van der Waals surface area contributed by atoms with Gasteiger partial charge in [0.15, 0.2) is 0 Å². The number of carbonyl (C=O) groups excluding carboxylic acids is 1. The number of aliphatic hydroxyl groups is 1. The fourth-order valence-corrected chi connectivity index (χ4v) is 5.85. The van der Waals surface area contributed by atoms with Gasteiger partial charge >= 0.3 is 5.63 Å². The van der Waals surface area contributed by atoms with Gasteiger partial charge in [-0.2, -0.15) is 0 Å². The smallest absolute Gasteiger partial charge is 0.340 e. The average Bonchev–Trinajstić information content (AvgIpc) is 2.86. The maximum Gasteiger partial charge on any atom is 0.340 e. The molecule has 1 N–H and O–H groups in total. The zero-order valence-corrected chi connectivity index (χ0v) is 21.4. The van der Waals surface area contributed by atoms with Crippen LogP contribution in [0.4, 0.5) is 0 Å². The zero-order valence-electron chi connectivity index (χ0n) is 21.4. The number of rotatable bonds is 5. The van der Waals surface area contributed by atoms with Gasteiger partial charge in [-0.3, -0.25) is 4.79 Å². The summed E-state index contributed by atoms with van der Waals surface area (Å²) in [4.78, 5) is 27.9. The molecular weight excluding hydrogens is 454 g/mol. The Morgan fingerprint density at radius 2 is 1.97 bits per heavy atom. The number of hydrogen-bond acceptors (Lipinski definition) is 5. The van der Waals surface area contributed by atoms with Crippen molar-refractivity contribution in [3.05, 3.63) is 74.6 Å². The van der Waals surface area contributed by atoms with Crippen LogP contribution in [0.3, 0.4) is 0 Å². The summed E-state index contributed by atoms with van der Waals surface area (Å²) in [6.07, 6.45) is 4.55. The maximum absolute atomic E-state index is 13.2. The Balaban J connectivity index is 1.31. The van der Waals surface area contributed by atoms with Gasteiger partial charge in [0, 0.05) is 30.5 Å². The summed E-state index contributed by atoms with van der Waals surface area (Å²) < 4.78 is 11.7. The Morgan fingerprint density at radius 1 is 1.14 bits per heavy atom. The predicted molar refractivity (Wildman–Crippen MR) is 139 cm³/mol. The molecule has 2 aliphatic rings. The van der Waals surface area contributed by atoms with Crippen LogP contribution in [0, 0.1) is 26.7 Å². The van der Waals surface area contributed by atoms with Crippen molar-refractivity contribution in [2.24, 2.45) is 5.92 Å². The lowest BCUT2D eigenvalue weighted by Crippen LogP contribution is -2.55. The fourth-order valence-electron chi connectivity index (χ4n) is 5.85. The van der Waals surface area contributed by atoms with Crippen molar-refractivity contribution in [3.8, 4) is 5.75 Å². The standard InChI is InChI=1S/C30H35NO5/c1-19-7-8-20(2)22(14-19)18-35-24-9-10-25-21(3)26(29(33)36-27(25)15-24)16-28(32)31-13-12-30(34)11-5-4-6-23(30)17-31/h7-10,14-15,23,34H,4-6,11-13,16-18H2,1-3H3/t23-,30-/m1/s1. The number of carbonyl (C=O) groups is 1. The summed E-state index contributed by atoms with van der Waals surface area (Å²) in [7, 11) is 0. The first-order chi connectivity index (χ1) is 17.2. The van der Waals surface area contributed by atoms with E-state index in [0.717, 1.165) is 42.2 Å². The van der Waals surface area contributed by atoms with Gasteiger partial charge in [0.25, 0.3) is 0 Å². The first-order valence-corrected chi connectivity index (χ1v) is 13.0. The Morgan fingerprint density at radius 3 is 2.81 bits per heavy atom. The Labute approximate surface area is 211 Å². The van der Waals surface area contributed by atoms with Gasteiger partial charge in [0.05, 0.1) is 17.6 Å². The van der Waals surface area contributed by atoms with Gasteiger partial charge in [-0.1, -0.05) is 36.6 Å². The summed E-state index contributed by atoms with van der Waals surface area (Å²) in [6, 6.07) is 11.8. The molecule has 36 heavy (non-hydrogen) atoms. The van der Waals surface area contributed by atoms with E-state index in [2.05, 4.69) is 32.0 Å². The van der Waals surface area contributed by atoms with Crippen molar-refractivity contribution >= 4 is 16.9 Å². The highest BCUT2D eigenvalue weighted by atomic mass is 16.5. The molecule has 2 atom stereocenters. The monoisotopic (exact) mass is 489 g/mol. The first-order valence-electron chi connectivity index (χ1n) is 13.0. The summed E-state index contributed by atoms with van der Waals surface area (Å²) >= 11 is 0. The lowest BCUT2D eigenvalue weighted by atomic mass is 9.71. The lowest BCUT2D eigenvalue weighted by Gasteiger charge is -2.47. The van der Waals surface area contributed by atoms with E-state index in [4.69, 9.17) is 9.15 Å². The number of hydrogen-bond donors (Lipinski definition) is 1. The number of likely N-dealkylation sites (tertiary alicyclic amines) is 1.